The average Bonchev–Trinajstić information content (AvgIpc) is 2.92. The molecule has 0 aromatic heterocycles. The smallest absolute Gasteiger partial charge is 0.328 e. The Kier molecular flexibility index (Phi) is 11.3. The van der Waals surface area contributed by atoms with E-state index in [9.17, 15) is 19.2 Å². The molecule has 6 atom stereocenters. The third-order valence-corrected chi connectivity index (χ3v) is 9.12. The van der Waals surface area contributed by atoms with Crippen LogP contribution in [0.25, 0.3) is 0 Å². The third kappa shape index (κ3) is 7.63. The van der Waals surface area contributed by atoms with E-state index in [-0.39, 0.29) is 40.8 Å². The summed E-state index contributed by atoms with van der Waals surface area (Å²) in [6.07, 6.45) is 9.45. The van der Waals surface area contributed by atoms with Crippen molar-refractivity contribution in [3.63, 3.8) is 0 Å². The molecule has 9 heteroatoms. The van der Waals surface area contributed by atoms with Crippen molar-refractivity contribution in [3.8, 4) is 0 Å². The molecular weight excluding hydrogens is 502 g/mol. The molecule has 214 valence electrons. The lowest BCUT2D eigenvalue weighted by atomic mass is 9.84. The van der Waals surface area contributed by atoms with Gasteiger partial charge >= 0.3 is 5.97 Å². The van der Waals surface area contributed by atoms with E-state index in [1.807, 2.05) is 19.9 Å². The topological polar surface area (TPSA) is 99.2 Å². The average molecular weight is 550 g/mol. The van der Waals surface area contributed by atoms with Crippen molar-refractivity contribution in [1.29, 1.82) is 0 Å². The fraction of sp³-hybridized carbons (Fsp3) is 0.793. The van der Waals surface area contributed by atoms with E-state index in [4.69, 9.17) is 13.9 Å². The second-order valence-corrected chi connectivity index (χ2v) is 12.3. The number of ether oxygens (including phenoxy) is 2. The van der Waals surface area contributed by atoms with E-state index in [0.29, 0.717) is 38.1 Å². The van der Waals surface area contributed by atoms with Gasteiger partial charge in [-0.25, -0.2) is 4.79 Å². The maximum absolute atomic E-state index is 13.8. The highest BCUT2D eigenvalue weighted by atomic mass is 28.2. The van der Waals surface area contributed by atoms with Gasteiger partial charge in [0, 0.05) is 25.3 Å². The monoisotopic (exact) mass is 549 g/mol. The van der Waals surface area contributed by atoms with Crippen molar-refractivity contribution in [3.05, 3.63) is 11.6 Å². The molecule has 2 fully saturated rings. The summed E-state index contributed by atoms with van der Waals surface area (Å²) in [5.41, 5.74) is 1.20. The van der Waals surface area contributed by atoms with Crippen LogP contribution >= 0.6 is 0 Å². The SMILES string of the molecule is CC1=CCC(=O)CCC(C)COC(=O)C2CCCCN2C(=O)C(=O)C2(O[SiH3])OC(CCC(C)C1)CCC2C. The molecule has 1 amide bonds. The van der Waals surface area contributed by atoms with Crippen LogP contribution in [0.4, 0.5) is 0 Å². The normalized spacial score (nSPS) is 35.6. The van der Waals surface area contributed by atoms with E-state index in [0.717, 1.165) is 44.9 Å². The maximum atomic E-state index is 13.8. The molecular formula is C29H47NO7Si. The molecule has 0 saturated carbocycles. The van der Waals surface area contributed by atoms with Gasteiger partial charge < -0.3 is 18.8 Å². The zero-order valence-corrected chi connectivity index (χ0v) is 26.0. The Morgan fingerprint density at radius 1 is 0.974 bits per heavy atom. The molecule has 0 N–H and O–H groups in total. The molecule has 3 rings (SSSR count). The molecule has 2 bridgehead atoms. The van der Waals surface area contributed by atoms with Crippen LogP contribution in [0.15, 0.2) is 11.6 Å². The Bertz CT molecular complexity index is 905. The van der Waals surface area contributed by atoms with Gasteiger partial charge in [0.25, 0.3) is 11.7 Å². The Labute approximate surface area is 230 Å². The first-order chi connectivity index (χ1) is 18.1. The van der Waals surface area contributed by atoms with Crippen LogP contribution in [-0.4, -0.2) is 69.9 Å². The highest BCUT2D eigenvalue weighted by Gasteiger charge is 2.53. The Morgan fingerprint density at radius 2 is 1.71 bits per heavy atom. The fourth-order valence-corrected chi connectivity index (χ4v) is 6.66. The molecule has 0 aromatic rings. The Morgan fingerprint density at radius 3 is 2.45 bits per heavy atom. The quantitative estimate of drug-likeness (QED) is 0.214. The van der Waals surface area contributed by atoms with Crippen LogP contribution in [0.3, 0.4) is 0 Å². The summed E-state index contributed by atoms with van der Waals surface area (Å²) >= 11 is 0. The van der Waals surface area contributed by atoms with Crippen LogP contribution in [0, 0.1) is 17.8 Å². The first-order valence-corrected chi connectivity index (χ1v) is 15.3. The predicted molar refractivity (Wildman–Crippen MR) is 147 cm³/mol. The van der Waals surface area contributed by atoms with Crippen LogP contribution in [-0.2, 0) is 33.1 Å². The number of piperidine rings is 1. The lowest BCUT2D eigenvalue weighted by molar-refractivity contribution is -0.250. The van der Waals surface area contributed by atoms with Gasteiger partial charge in [-0.15, -0.1) is 0 Å². The molecule has 0 aromatic carbocycles. The summed E-state index contributed by atoms with van der Waals surface area (Å²) in [6, 6.07) is -0.794. The van der Waals surface area contributed by atoms with Gasteiger partial charge in [0.1, 0.15) is 22.3 Å². The summed E-state index contributed by atoms with van der Waals surface area (Å²) in [6.45, 7) is 8.63. The van der Waals surface area contributed by atoms with Crippen molar-refractivity contribution in [2.45, 2.75) is 116 Å². The number of ketones is 2. The molecule has 3 aliphatic heterocycles. The van der Waals surface area contributed by atoms with E-state index < -0.39 is 29.5 Å². The van der Waals surface area contributed by atoms with Gasteiger partial charge in [-0.05, 0) is 76.5 Å². The number of Topliss-reactive ketones (excluding diaryl/α,β-unsaturated/α-hetero) is 2. The number of allylic oxidation sites excluding steroid dienone is 2. The number of amides is 1. The molecule has 0 aliphatic carbocycles. The Hall–Kier alpha value is -1.84. The molecule has 3 heterocycles. The highest BCUT2D eigenvalue weighted by Crippen LogP contribution is 2.38. The predicted octanol–water partition coefficient (Wildman–Crippen LogP) is 3.43. The minimum absolute atomic E-state index is 0.0200. The van der Waals surface area contributed by atoms with E-state index in [2.05, 4.69) is 13.8 Å². The summed E-state index contributed by atoms with van der Waals surface area (Å²) in [5, 5.41) is 0. The van der Waals surface area contributed by atoms with Gasteiger partial charge in [0.05, 0.1) is 12.7 Å². The molecule has 2 saturated heterocycles. The van der Waals surface area contributed by atoms with E-state index >= 15 is 0 Å². The number of carbonyl (C=O) groups is 4. The van der Waals surface area contributed by atoms with Crippen molar-refractivity contribution in [2.24, 2.45) is 17.8 Å². The largest absolute Gasteiger partial charge is 0.464 e. The number of esters is 1. The summed E-state index contributed by atoms with van der Waals surface area (Å²) < 4.78 is 17.8. The van der Waals surface area contributed by atoms with Crippen molar-refractivity contribution >= 4 is 33.9 Å². The van der Waals surface area contributed by atoms with Gasteiger partial charge in [0.15, 0.2) is 0 Å². The number of rotatable bonds is 1. The van der Waals surface area contributed by atoms with Gasteiger partial charge in [-0.3, -0.25) is 14.4 Å². The molecule has 6 unspecified atom stereocenters. The highest BCUT2D eigenvalue weighted by molar-refractivity contribution is 6.39. The second-order valence-electron chi connectivity index (χ2n) is 11.9. The van der Waals surface area contributed by atoms with Crippen LogP contribution in [0.5, 0.6) is 0 Å². The van der Waals surface area contributed by atoms with Crippen LogP contribution in [0.2, 0.25) is 0 Å². The molecule has 0 spiro atoms. The maximum Gasteiger partial charge on any atom is 0.328 e. The lowest BCUT2D eigenvalue weighted by Gasteiger charge is -2.44. The molecule has 0 radical (unpaired) electrons. The van der Waals surface area contributed by atoms with Crippen molar-refractivity contribution < 1.29 is 33.1 Å². The third-order valence-electron chi connectivity index (χ3n) is 8.52. The molecule has 8 nitrogen and oxygen atoms in total. The standard InChI is InChI=1S/C29H47NO7Si/c1-19-8-12-23(31)13-9-21(3)18-35-28(34)25-7-5-6-16-30(25)27(33)26(32)29(37-38)22(4)11-15-24(36-29)14-10-20(2)17-19/h8,20-22,24-25H,5-7,9-18H2,1-4,38H3. The first kappa shape index (κ1) is 30.7. The van der Waals surface area contributed by atoms with Crippen LogP contribution < -0.4 is 0 Å². The van der Waals surface area contributed by atoms with Crippen molar-refractivity contribution in [1.82, 2.24) is 4.90 Å². The minimum atomic E-state index is -1.59. The first-order valence-electron chi connectivity index (χ1n) is 14.5. The van der Waals surface area contributed by atoms with E-state index in [1.165, 1.54) is 10.5 Å². The van der Waals surface area contributed by atoms with E-state index in [1.54, 1.807) is 0 Å². The summed E-state index contributed by atoms with van der Waals surface area (Å²) in [4.78, 5) is 54.3. The van der Waals surface area contributed by atoms with Gasteiger partial charge in [-0.1, -0.05) is 32.4 Å². The summed E-state index contributed by atoms with van der Waals surface area (Å²) in [5.74, 6) is -3.14. The number of nitrogens with zero attached hydrogens (tertiary/aromatic N) is 1. The fourth-order valence-electron chi connectivity index (χ4n) is 5.98. The van der Waals surface area contributed by atoms with Gasteiger partial charge in [-0.2, -0.15) is 0 Å². The number of hydrogen-bond acceptors (Lipinski definition) is 7. The number of cyclic esters (lactones) is 1. The molecule has 38 heavy (non-hydrogen) atoms. The minimum Gasteiger partial charge on any atom is -0.464 e. The molecule has 3 aliphatic rings. The zero-order valence-electron chi connectivity index (χ0n) is 24.0. The second kappa shape index (κ2) is 14.0. The van der Waals surface area contributed by atoms with Crippen molar-refractivity contribution in [2.75, 3.05) is 13.2 Å². The van der Waals surface area contributed by atoms with Crippen LogP contribution in [0.1, 0.15) is 98.3 Å². The Balaban J connectivity index is 1.85. The lowest BCUT2D eigenvalue weighted by Crippen LogP contribution is -2.61. The zero-order chi connectivity index (χ0) is 27.9. The number of carbonyl (C=O) groups excluding carboxylic acids is 4. The van der Waals surface area contributed by atoms with Gasteiger partial charge in [0.2, 0.25) is 5.79 Å². The number of fused-ring (bicyclic) bond motifs is 3. The number of hydrogen-bond donors (Lipinski definition) is 0. The summed E-state index contributed by atoms with van der Waals surface area (Å²) in [7, 11) is 0.241.